The van der Waals surface area contributed by atoms with E-state index in [1.54, 1.807) is 12.1 Å². The highest BCUT2D eigenvalue weighted by Gasteiger charge is 2.14. The van der Waals surface area contributed by atoms with Crippen LogP contribution in [0.25, 0.3) is 11.0 Å². The van der Waals surface area contributed by atoms with E-state index in [1.807, 2.05) is 17.7 Å². The molecule has 1 aromatic carbocycles. The van der Waals surface area contributed by atoms with Crippen molar-refractivity contribution in [3.05, 3.63) is 29.6 Å². The van der Waals surface area contributed by atoms with Crippen molar-refractivity contribution in [3.8, 4) is 0 Å². The molecule has 0 unspecified atom stereocenters. The topological polar surface area (TPSA) is 81.1 Å². The summed E-state index contributed by atoms with van der Waals surface area (Å²) >= 11 is 0. The number of hydrogen-bond acceptors (Lipinski definition) is 3. The number of nitrogens with zero attached hydrogens (tertiary/aromatic N) is 2. The summed E-state index contributed by atoms with van der Waals surface area (Å²) in [6.07, 6.45) is 0.643. The molecule has 5 nitrogen and oxygen atoms in total. The maximum atomic E-state index is 11.0. The van der Waals surface area contributed by atoms with Gasteiger partial charge in [-0.2, -0.15) is 0 Å². The van der Waals surface area contributed by atoms with Crippen LogP contribution >= 0.6 is 0 Å². The van der Waals surface area contributed by atoms with Crippen molar-refractivity contribution in [2.45, 2.75) is 6.42 Å². The van der Waals surface area contributed by atoms with Gasteiger partial charge in [-0.25, -0.2) is 9.78 Å². The summed E-state index contributed by atoms with van der Waals surface area (Å²) in [6.45, 7) is 0.500. The molecule has 0 aliphatic rings. The van der Waals surface area contributed by atoms with Crippen molar-refractivity contribution in [2.24, 2.45) is 12.8 Å². The van der Waals surface area contributed by atoms with E-state index in [0.29, 0.717) is 18.5 Å². The third-order valence-corrected chi connectivity index (χ3v) is 2.60. The predicted molar refractivity (Wildman–Crippen MR) is 60.4 cm³/mol. The number of carboxylic acids is 1. The second kappa shape index (κ2) is 3.94. The first-order valence-corrected chi connectivity index (χ1v) is 5.03. The fourth-order valence-electron chi connectivity index (χ4n) is 1.79. The minimum atomic E-state index is -0.956. The Balaban J connectivity index is 2.70. The Bertz CT molecular complexity index is 545. The van der Waals surface area contributed by atoms with E-state index in [0.717, 1.165) is 11.3 Å². The normalized spacial score (nSPS) is 10.9. The number of aromatic carboxylic acids is 1. The molecule has 0 saturated carbocycles. The van der Waals surface area contributed by atoms with Crippen LogP contribution in [0.15, 0.2) is 18.2 Å². The van der Waals surface area contributed by atoms with Gasteiger partial charge in [0.15, 0.2) is 0 Å². The van der Waals surface area contributed by atoms with E-state index < -0.39 is 5.97 Å². The first-order chi connectivity index (χ1) is 7.65. The number of nitrogens with two attached hydrogens (primary N) is 1. The van der Waals surface area contributed by atoms with Gasteiger partial charge in [-0.05, 0) is 18.7 Å². The number of carbonyl (C=O) groups is 1. The number of carboxylic acid groups (broad SMARTS) is 1. The second-order valence-corrected chi connectivity index (χ2v) is 3.60. The molecular weight excluding hydrogens is 206 g/mol. The lowest BCUT2D eigenvalue weighted by Crippen LogP contribution is -2.07. The molecule has 5 heteroatoms. The fraction of sp³-hybridized carbons (Fsp3) is 0.273. The quantitative estimate of drug-likeness (QED) is 0.799. The molecule has 0 bridgehead atoms. The zero-order valence-electron chi connectivity index (χ0n) is 8.97. The Hall–Kier alpha value is -1.88. The number of fused-ring (bicyclic) bond motifs is 1. The van der Waals surface area contributed by atoms with E-state index in [2.05, 4.69) is 4.98 Å². The van der Waals surface area contributed by atoms with E-state index in [-0.39, 0.29) is 5.56 Å². The molecule has 0 spiro atoms. The largest absolute Gasteiger partial charge is 0.478 e. The fourth-order valence-corrected chi connectivity index (χ4v) is 1.79. The number of para-hydroxylation sites is 1. The van der Waals surface area contributed by atoms with Crippen molar-refractivity contribution >= 4 is 17.0 Å². The lowest BCUT2D eigenvalue weighted by molar-refractivity contribution is 0.0699. The van der Waals surface area contributed by atoms with Gasteiger partial charge in [-0.15, -0.1) is 0 Å². The first-order valence-electron chi connectivity index (χ1n) is 5.03. The smallest absolute Gasteiger partial charge is 0.337 e. The highest BCUT2D eigenvalue weighted by molar-refractivity contribution is 6.01. The van der Waals surface area contributed by atoms with Crippen LogP contribution in [0.1, 0.15) is 16.2 Å². The molecule has 1 heterocycles. The maximum absolute atomic E-state index is 11.0. The van der Waals surface area contributed by atoms with Crippen LogP contribution in [0.3, 0.4) is 0 Å². The predicted octanol–water partition coefficient (Wildman–Crippen LogP) is 0.773. The molecule has 0 aliphatic heterocycles. The molecule has 0 radical (unpaired) electrons. The Labute approximate surface area is 92.5 Å². The van der Waals surface area contributed by atoms with E-state index in [9.17, 15) is 4.79 Å². The third-order valence-electron chi connectivity index (χ3n) is 2.60. The number of rotatable bonds is 3. The van der Waals surface area contributed by atoms with Gasteiger partial charge in [0, 0.05) is 13.5 Å². The van der Waals surface area contributed by atoms with E-state index in [1.165, 1.54) is 0 Å². The zero-order valence-corrected chi connectivity index (χ0v) is 8.97. The van der Waals surface area contributed by atoms with Crippen molar-refractivity contribution < 1.29 is 9.90 Å². The summed E-state index contributed by atoms with van der Waals surface area (Å²) in [7, 11) is 1.87. The van der Waals surface area contributed by atoms with Gasteiger partial charge in [0.2, 0.25) is 0 Å². The Morgan fingerprint density at radius 3 is 2.94 bits per heavy atom. The van der Waals surface area contributed by atoms with Gasteiger partial charge in [0.05, 0.1) is 11.1 Å². The molecule has 0 fully saturated rings. The molecule has 2 rings (SSSR count). The monoisotopic (exact) mass is 219 g/mol. The van der Waals surface area contributed by atoms with Crippen molar-refractivity contribution in [1.82, 2.24) is 9.55 Å². The number of aromatic nitrogens is 2. The summed E-state index contributed by atoms with van der Waals surface area (Å²) in [4.78, 5) is 15.3. The van der Waals surface area contributed by atoms with Gasteiger partial charge >= 0.3 is 5.97 Å². The second-order valence-electron chi connectivity index (χ2n) is 3.60. The lowest BCUT2D eigenvalue weighted by Gasteiger charge is -1.99. The Morgan fingerprint density at radius 1 is 1.56 bits per heavy atom. The molecular formula is C11H13N3O2. The molecule has 16 heavy (non-hydrogen) atoms. The Morgan fingerprint density at radius 2 is 2.31 bits per heavy atom. The van der Waals surface area contributed by atoms with E-state index >= 15 is 0 Å². The minimum absolute atomic E-state index is 0.233. The molecule has 3 N–H and O–H groups in total. The van der Waals surface area contributed by atoms with E-state index in [4.69, 9.17) is 10.8 Å². The lowest BCUT2D eigenvalue weighted by atomic mass is 10.2. The first kappa shape index (κ1) is 10.6. The summed E-state index contributed by atoms with van der Waals surface area (Å²) in [5, 5.41) is 9.04. The van der Waals surface area contributed by atoms with Crippen LogP contribution in [0.4, 0.5) is 0 Å². The zero-order chi connectivity index (χ0) is 11.7. The number of hydrogen-bond donors (Lipinski definition) is 2. The summed E-state index contributed by atoms with van der Waals surface area (Å²) in [6, 6.07) is 5.14. The molecule has 0 saturated heterocycles. The van der Waals surface area contributed by atoms with Gasteiger partial charge in [-0.1, -0.05) is 6.07 Å². The number of benzene rings is 1. The Kier molecular flexibility index (Phi) is 2.62. The van der Waals surface area contributed by atoms with Crippen LogP contribution in [0, 0.1) is 0 Å². The van der Waals surface area contributed by atoms with Crippen LogP contribution < -0.4 is 5.73 Å². The molecule has 84 valence electrons. The number of aryl methyl sites for hydroxylation is 1. The maximum Gasteiger partial charge on any atom is 0.337 e. The molecule has 0 amide bonds. The third kappa shape index (κ3) is 1.55. The minimum Gasteiger partial charge on any atom is -0.478 e. The van der Waals surface area contributed by atoms with Crippen LogP contribution in [-0.4, -0.2) is 27.2 Å². The SMILES string of the molecule is Cn1c(CCN)nc2c(C(=O)O)cccc21. The average molecular weight is 219 g/mol. The number of imidazole rings is 1. The van der Waals surface area contributed by atoms with Crippen molar-refractivity contribution in [3.63, 3.8) is 0 Å². The standard InChI is InChI=1S/C11H13N3O2/c1-14-8-4-2-3-7(11(15)16)10(8)13-9(14)5-6-12/h2-4H,5-6,12H2,1H3,(H,15,16). The highest BCUT2D eigenvalue weighted by atomic mass is 16.4. The van der Waals surface area contributed by atoms with Gasteiger partial charge in [-0.3, -0.25) is 0 Å². The molecule has 1 aromatic heterocycles. The molecule has 0 atom stereocenters. The average Bonchev–Trinajstić information content (AvgIpc) is 2.57. The highest BCUT2D eigenvalue weighted by Crippen LogP contribution is 2.19. The van der Waals surface area contributed by atoms with Crippen LogP contribution in [0.2, 0.25) is 0 Å². The van der Waals surface area contributed by atoms with Crippen molar-refractivity contribution in [2.75, 3.05) is 6.54 Å². The van der Waals surface area contributed by atoms with Gasteiger partial charge in [0.1, 0.15) is 11.3 Å². The van der Waals surface area contributed by atoms with Gasteiger partial charge < -0.3 is 15.4 Å². The summed E-state index contributed by atoms with van der Waals surface area (Å²) in [5.41, 5.74) is 7.06. The molecule has 2 aromatic rings. The summed E-state index contributed by atoms with van der Waals surface area (Å²) in [5.74, 6) is -0.144. The van der Waals surface area contributed by atoms with Gasteiger partial charge in [0.25, 0.3) is 0 Å². The molecule has 0 aliphatic carbocycles. The van der Waals surface area contributed by atoms with Crippen molar-refractivity contribution in [1.29, 1.82) is 0 Å². The summed E-state index contributed by atoms with van der Waals surface area (Å²) < 4.78 is 1.88. The van der Waals surface area contributed by atoms with Crippen LogP contribution in [-0.2, 0) is 13.5 Å². The van der Waals surface area contributed by atoms with Crippen LogP contribution in [0.5, 0.6) is 0 Å².